The molecule has 54 valence electrons. The lowest BCUT2D eigenvalue weighted by Gasteiger charge is -1.95. The van der Waals surface area contributed by atoms with E-state index < -0.39 is 5.82 Å². The minimum absolute atomic E-state index is 0.183. The highest BCUT2D eigenvalue weighted by Crippen LogP contribution is 2.20. The van der Waals surface area contributed by atoms with Crippen molar-refractivity contribution < 1.29 is 4.39 Å². The van der Waals surface area contributed by atoms with E-state index in [0.717, 1.165) is 0 Å². The van der Waals surface area contributed by atoms with Crippen molar-refractivity contribution >= 4 is 45.8 Å². The van der Waals surface area contributed by atoms with Crippen LogP contribution in [0.15, 0.2) is 6.07 Å². The van der Waals surface area contributed by atoms with Gasteiger partial charge in [-0.25, -0.2) is 9.37 Å². The zero-order chi connectivity index (χ0) is 7.72. The molecule has 0 aliphatic carbocycles. The van der Waals surface area contributed by atoms with Crippen molar-refractivity contribution in [2.45, 2.75) is 0 Å². The summed E-state index contributed by atoms with van der Waals surface area (Å²) in [6.07, 6.45) is 0. The summed E-state index contributed by atoms with van der Waals surface area (Å²) >= 11 is 12.6. The molecule has 0 saturated heterocycles. The summed E-state index contributed by atoms with van der Waals surface area (Å²) in [5.74, 6) is -0.522. The van der Waals surface area contributed by atoms with Gasteiger partial charge < -0.3 is 0 Å². The van der Waals surface area contributed by atoms with Gasteiger partial charge in [0.05, 0.1) is 3.57 Å². The van der Waals surface area contributed by atoms with E-state index >= 15 is 0 Å². The lowest BCUT2D eigenvalue weighted by molar-refractivity contribution is 0.614. The fraction of sp³-hybridized carbons (Fsp3) is 0. The first-order chi connectivity index (χ1) is 4.61. The highest BCUT2D eigenvalue weighted by molar-refractivity contribution is 14.1. The van der Waals surface area contributed by atoms with Crippen LogP contribution in [-0.4, -0.2) is 4.98 Å². The molecule has 0 amide bonds. The number of nitrogens with zero attached hydrogens (tertiary/aromatic N) is 1. The van der Waals surface area contributed by atoms with Crippen LogP contribution < -0.4 is 0 Å². The molecule has 0 aliphatic heterocycles. The van der Waals surface area contributed by atoms with Crippen LogP contribution in [-0.2, 0) is 0 Å². The summed E-state index contributed by atoms with van der Waals surface area (Å²) in [5, 5.41) is 0.0210. The van der Waals surface area contributed by atoms with Crippen LogP contribution in [0, 0.1) is 9.39 Å². The Hall–Kier alpha value is 0.390. The van der Waals surface area contributed by atoms with E-state index in [1.807, 2.05) is 0 Å². The van der Waals surface area contributed by atoms with Crippen LogP contribution in [0.25, 0.3) is 0 Å². The van der Waals surface area contributed by atoms with Gasteiger partial charge in [-0.15, -0.1) is 0 Å². The molecule has 0 atom stereocenters. The maximum absolute atomic E-state index is 12.7. The zero-order valence-electron chi connectivity index (χ0n) is 4.54. The molecule has 1 aromatic heterocycles. The molecule has 0 fully saturated rings. The van der Waals surface area contributed by atoms with Gasteiger partial charge in [0.25, 0.3) is 0 Å². The van der Waals surface area contributed by atoms with Crippen molar-refractivity contribution in [2.75, 3.05) is 0 Å². The smallest absolute Gasteiger partial charge is 0.173 e. The Morgan fingerprint density at radius 3 is 2.60 bits per heavy atom. The zero-order valence-corrected chi connectivity index (χ0v) is 8.21. The first-order valence-electron chi connectivity index (χ1n) is 2.28. The van der Waals surface area contributed by atoms with Gasteiger partial charge in [0.1, 0.15) is 5.15 Å². The summed E-state index contributed by atoms with van der Waals surface area (Å²) < 4.78 is 13.0. The Bertz CT molecular complexity index is 243. The molecule has 1 rings (SSSR count). The third kappa shape index (κ3) is 1.71. The number of pyridine rings is 1. The Morgan fingerprint density at radius 1 is 1.50 bits per heavy atom. The molecule has 1 aromatic rings. The predicted molar refractivity (Wildman–Crippen MR) is 46.9 cm³/mol. The van der Waals surface area contributed by atoms with Crippen molar-refractivity contribution in [3.05, 3.63) is 25.8 Å². The van der Waals surface area contributed by atoms with Crippen molar-refractivity contribution in [2.24, 2.45) is 0 Å². The standard InChI is InChI=1S/C5HCl2FIN/c6-3-1-2(9)4(8)5(7)10-3/h1H. The molecule has 0 saturated carbocycles. The average molecular weight is 292 g/mol. The maximum Gasteiger partial charge on any atom is 0.173 e. The summed E-state index contributed by atoms with van der Waals surface area (Å²) in [5.41, 5.74) is 0. The van der Waals surface area contributed by atoms with Gasteiger partial charge in [0.15, 0.2) is 11.0 Å². The molecule has 10 heavy (non-hydrogen) atoms. The number of hydrogen-bond acceptors (Lipinski definition) is 1. The van der Waals surface area contributed by atoms with E-state index in [1.165, 1.54) is 6.07 Å². The predicted octanol–water partition coefficient (Wildman–Crippen LogP) is 3.13. The minimum Gasteiger partial charge on any atom is -0.221 e. The third-order valence-corrected chi connectivity index (χ3v) is 2.07. The summed E-state index contributed by atoms with van der Waals surface area (Å²) in [4.78, 5) is 3.49. The van der Waals surface area contributed by atoms with E-state index in [1.54, 1.807) is 22.6 Å². The van der Waals surface area contributed by atoms with Crippen molar-refractivity contribution in [3.63, 3.8) is 0 Å². The average Bonchev–Trinajstić information content (AvgIpc) is 1.82. The second kappa shape index (κ2) is 3.19. The second-order valence-corrected chi connectivity index (χ2v) is 3.44. The quantitative estimate of drug-likeness (QED) is 0.529. The Morgan fingerprint density at radius 2 is 2.10 bits per heavy atom. The van der Waals surface area contributed by atoms with Crippen molar-refractivity contribution in [1.82, 2.24) is 4.98 Å². The van der Waals surface area contributed by atoms with Gasteiger partial charge in [0.2, 0.25) is 0 Å². The van der Waals surface area contributed by atoms with Gasteiger partial charge >= 0.3 is 0 Å². The fourth-order valence-corrected chi connectivity index (χ4v) is 1.77. The number of halogens is 4. The van der Waals surface area contributed by atoms with E-state index in [4.69, 9.17) is 23.2 Å². The van der Waals surface area contributed by atoms with Crippen LogP contribution >= 0.6 is 45.8 Å². The number of rotatable bonds is 0. The monoisotopic (exact) mass is 291 g/mol. The van der Waals surface area contributed by atoms with Gasteiger partial charge in [-0.1, -0.05) is 23.2 Å². The van der Waals surface area contributed by atoms with E-state index in [0.29, 0.717) is 3.57 Å². The van der Waals surface area contributed by atoms with Crippen LogP contribution in [0.5, 0.6) is 0 Å². The maximum atomic E-state index is 12.7. The number of aromatic nitrogens is 1. The lowest BCUT2D eigenvalue weighted by Crippen LogP contribution is -1.87. The molecule has 1 heterocycles. The normalized spacial score (nSPS) is 10.0. The van der Waals surface area contributed by atoms with Crippen LogP contribution in [0.2, 0.25) is 10.3 Å². The van der Waals surface area contributed by atoms with Gasteiger partial charge in [-0.2, -0.15) is 0 Å². The first kappa shape index (κ1) is 8.49. The highest BCUT2D eigenvalue weighted by Gasteiger charge is 2.06. The SMILES string of the molecule is Fc1c(I)cc(Cl)nc1Cl. The van der Waals surface area contributed by atoms with Crippen LogP contribution in [0.1, 0.15) is 0 Å². The molecular formula is C5HCl2FIN. The molecule has 0 N–H and O–H groups in total. The topological polar surface area (TPSA) is 12.9 Å². The molecule has 0 aromatic carbocycles. The van der Waals surface area contributed by atoms with Gasteiger partial charge in [0, 0.05) is 0 Å². The lowest BCUT2D eigenvalue weighted by atomic mass is 10.5. The molecule has 0 bridgehead atoms. The Kier molecular flexibility index (Phi) is 2.71. The Labute approximate surface area is 80.7 Å². The number of hydrogen-bond donors (Lipinski definition) is 0. The van der Waals surface area contributed by atoms with E-state index in [-0.39, 0.29) is 10.3 Å². The van der Waals surface area contributed by atoms with Gasteiger partial charge in [-0.05, 0) is 28.7 Å². The van der Waals surface area contributed by atoms with E-state index in [9.17, 15) is 4.39 Å². The summed E-state index contributed by atoms with van der Waals surface area (Å²) in [7, 11) is 0. The van der Waals surface area contributed by atoms with E-state index in [2.05, 4.69) is 4.98 Å². The summed E-state index contributed by atoms with van der Waals surface area (Å²) in [6, 6.07) is 1.41. The van der Waals surface area contributed by atoms with Crippen LogP contribution in [0.4, 0.5) is 4.39 Å². The molecule has 0 spiro atoms. The molecule has 0 aliphatic rings. The molecule has 5 heteroatoms. The van der Waals surface area contributed by atoms with Crippen molar-refractivity contribution in [1.29, 1.82) is 0 Å². The molecule has 0 unspecified atom stereocenters. The summed E-state index contributed by atoms with van der Waals surface area (Å²) in [6.45, 7) is 0. The van der Waals surface area contributed by atoms with Crippen molar-refractivity contribution in [3.8, 4) is 0 Å². The molecular weight excluding hydrogens is 291 g/mol. The second-order valence-electron chi connectivity index (χ2n) is 1.53. The van der Waals surface area contributed by atoms with Gasteiger partial charge in [-0.3, -0.25) is 0 Å². The highest BCUT2D eigenvalue weighted by atomic mass is 127. The fourth-order valence-electron chi connectivity index (χ4n) is 0.442. The third-order valence-electron chi connectivity index (χ3n) is 0.842. The van der Waals surface area contributed by atoms with Crippen LogP contribution in [0.3, 0.4) is 0 Å². The minimum atomic E-state index is -0.522. The first-order valence-corrected chi connectivity index (χ1v) is 4.12. The largest absolute Gasteiger partial charge is 0.221 e. The molecule has 1 nitrogen and oxygen atoms in total. The Balaban J connectivity index is 3.31. The molecule has 0 radical (unpaired) electrons.